The highest BCUT2D eigenvalue weighted by molar-refractivity contribution is 5.48. The quantitative estimate of drug-likeness (QED) is 0.633. The first-order chi connectivity index (χ1) is 9.49. The van der Waals surface area contributed by atoms with Crippen LogP contribution in [0.15, 0.2) is 30.3 Å². The van der Waals surface area contributed by atoms with Crippen molar-refractivity contribution in [2.75, 3.05) is 0 Å². The predicted octanol–water partition coefficient (Wildman–Crippen LogP) is 3.10. The first kappa shape index (κ1) is 13.4. The monoisotopic (exact) mass is 273 g/mol. The molecule has 1 aromatic carbocycles. The summed E-state index contributed by atoms with van der Waals surface area (Å²) < 4.78 is 18.4. The number of halogens is 1. The molecule has 20 heavy (non-hydrogen) atoms. The Balaban J connectivity index is 2.44. The number of aryl methyl sites for hydroxylation is 1. The van der Waals surface area contributed by atoms with Crippen molar-refractivity contribution in [3.8, 4) is 17.7 Å². The van der Waals surface area contributed by atoms with Gasteiger partial charge in [-0.15, -0.1) is 0 Å². The molecule has 2 rings (SSSR count). The summed E-state index contributed by atoms with van der Waals surface area (Å²) in [6.07, 6.45) is 0. The SMILES string of the molecule is Cc1cc(C#N)cc(Oc2cc(F)ccc2[N+](=O)[O-])n1. The predicted molar refractivity (Wildman–Crippen MR) is 66.8 cm³/mol. The molecule has 1 aromatic heterocycles. The van der Waals surface area contributed by atoms with E-state index in [-0.39, 0.29) is 17.3 Å². The highest BCUT2D eigenvalue weighted by Crippen LogP contribution is 2.31. The van der Waals surface area contributed by atoms with E-state index in [0.717, 1.165) is 18.2 Å². The lowest BCUT2D eigenvalue weighted by Gasteiger charge is -2.06. The fourth-order valence-electron chi connectivity index (χ4n) is 1.59. The van der Waals surface area contributed by atoms with Gasteiger partial charge < -0.3 is 4.74 Å². The maximum atomic E-state index is 13.2. The smallest absolute Gasteiger partial charge is 0.311 e. The second-order valence-corrected chi connectivity index (χ2v) is 3.92. The Labute approximate surface area is 113 Å². The van der Waals surface area contributed by atoms with Crippen LogP contribution in [0.2, 0.25) is 0 Å². The number of rotatable bonds is 3. The molecule has 0 bridgehead atoms. The van der Waals surface area contributed by atoms with Crippen molar-refractivity contribution in [1.29, 1.82) is 5.26 Å². The summed E-state index contributed by atoms with van der Waals surface area (Å²) in [4.78, 5) is 14.1. The van der Waals surface area contributed by atoms with Gasteiger partial charge in [0.1, 0.15) is 5.82 Å². The molecular weight excluding hydrogens is 265 g/mol. The van der Waals surface area contributed by atoms with Gasteiger partial charge in [0.2, 0.25) is 11.6 Å². The van der Waals surface area contributed by atoms with Crippen LogP contribution < -0.4 is 4.74 Å². The molecule has 0 saturated carbocycles. The van der Waals surface area contributed by atoms with Crippen molar-refractivity contribution < 1.29 is 14.1 Å². The van der Waals surface area contributed by atoms with Crippen molar-refractivity contribution in [2.45, 2.75) is 6.92 Å². The Kier molecular flexibility index (Phi) is 3.57. The minimum absolute atomic E-state index is 0.00440. The van der Waals surface area contributed by atoms with E-state index in [1.165, 1.54) is 12.1 Å². The van der Waals surface area contributed by atoms with E-state index in [4.69, 9.17) is 10.00 Å². The number of ether oxygens (including phenoxy) is 1. The van der Waals surface area contributed by atoms with Crippen LogP contribution in [-0.4, -0.2) is 9.91 Å². The van der Waals surface area contributed by atoms with Crippen LogP contribution in [0.4, 0.5) is 10.1 Å². The molecule has 0 atom stereocenters. The third kappa shape index (κ3) is 2.87. The molecule has 0 radical (unpaired) electrons. The fourth-order valence-corrected chi connectivity index (χ4v) is 1.59. The van der Waals surface area contributed by atoms with Gasteiger partial charge in [-0.05, 0) is 19.1 Å². The molecule has 0 saturated heterocycles. The normalized spacial score (nSPS) is 9.85. The highest BCUT2D eigenvalue weighted by Gasteiger charge is 2.17. The molecule has 0 N–H and O–H groups in total. The molecule has 0 aliphatic heterocycles. The third-order valence-corrected chi connectivity index (χ3v) is 2.39. The molecule has 2 aromatic rings. The molecule has 0 aliphatic rings. The lowest BCUT2D eigenvalue weighted by molar-refractivity contribution is -0.385. The third-order valence-electron chi connectivity index (χ3n) is 2.39. The molecule has 7 heteroatoms. The number of hydrogen-bond donors (Lipinski definition) is 0. The summed E-state index contributed by atoms with van der Waals surface area (Å²) in [6.45, 7) is 1.65. The minimum atomic E-state index is -0.685. The second kappa shape index (κ2) is 5.32. The molecule has 100 valence electrons. The number of pyridine rings is 1. The van der Waals surface area contributed by atoms with Crippen LogP contribution >= 0.6 is 0 Å². The molecule has 0 aliphatic carbocycles. The Morgan fingerprint density at radius 1 is 1.40 bits per heavy atom. The van der Waals surface area contributed by atoms with Gasteiger partial charge in [-0.25, -0.2) is 9.37 Å². The highest BCUT2D eigenvalue weighted by atomic mass is 19.1. The molecule has 6 nitrogen and oxygen atoms in total. The van der Waals surface area contributed by atoms with E-state index in [0.29, 0.717) is 11.3 Å². The van der Waals surface area contributed by atoms with E-state index < -0.39 is 10.7 Å². The Morgan fingerprint density at radius 2 is 2.15 bits per heavy atom. The van der Waals surface area contributed by atoms with E-state index in [1.807, 2.05) is 6.07 Å². The Bertz CT molecular complexity index is 725. The Morgan fingerprint density at radius 3 is 2.80 bits per heavy atom. The van der Waals surface area contributed by atoms with Crippen LogP contribution in [-0.2, 0) is 0 Å². The van der Waals surface area contributed by atoms with Crippen molar-refractivity contribution in [3.05, 3.63) is 57.5 Å². The largest absolute Gasteiger partial charge is 0.432 e. The zero-order valence-corrected chi connectivity index (χ0v) is 10.3. The topological polar surface area (TPSA) is 89.0 Å². The number of hydrogen-bond acceptors (Lipinski definition) is 5. The van der Waals surface area contributed by atoms with Crippen LogP contribution in [0.3, 0.4) is 0 Å². The van der Waals surface area contributed by atoms with Gasteiger partial charge in [0.25, 0.3) is 0 Å². The maximum Gasteiger partial charge on any atom is 0.311 e. The van der Waals surface area contributed by atoms with Crippen molar-refractivity contribution >= 4 is 5.69 Å². The van der Waals surface area contributed by atoms with Gasteiger partial charge in [0.05, 0.1) is 16.6 Å². The van der Waals surface area contributed by atoms with Gasteiger partial charge >= 0.3 is 5.69 Å². The number of nitriles is 1. The summed E-state index contributed by atoms with van der Waals surface area (Å²) in [6, 6.07) is 7.64. The van der Waals surface area contributed by atoms with Crippen LogP contribution in [0.5, 0.6) is 11.6 Å². The van der Waals surface area contributed by atoms with E-state index in [2.05, 4.69) is 4.98 Å². The molecule has 0 fully saturated rings. The number of nitrogens with zero attached hydrogens (tertiary/aromatic N) is 3. The maximum absolute atomic E-state index is 13.2. The molecular formula is C13H8FN3O3. The number of nitro groups is 1. The minimum Gasteiger partial charge on any atom is -0.432 e. The van der Waals surface area contributed by atoms with Gasteiger partial charge in [-0.3, -0.25) is 10.1 Å². The summed E-state index contributed by atoms with van der Waals surface area (Å²) in [7, 11) is 0. The van der Waals surface area contributed by atoms with Crippen molar-refractivity contribution in [1.82, 2.24) is 4.98 Å². The Hall–Kier alpha value is -3.01. The zero-order valence-electron chi connectivity index (χ0n) is 10.3. The molecule has 0 unspecified atom stereocenters. The zero-order chi connectivity index (χ0) is 14.7. The summed E-state index contributed by atoms with van der Waals surface area (Å²) >= 11 is 0. The van der Waals surface area contributed by atoms with Crippen LogP contribution in [0.25, 0.3) is 0 Å². The van der Waals surface area contributed by atoms with E-state index in [9.17, 15) is 14.5 Å². The fraction of sp³-hybridized carbons (Fsp3) is 0.0769. The van der Waals surface area contributed by atoms with Gasteiger partial charge in [-0.2, -0.15) is 5.26 Å². The summed E-state index contributed by atoms with van der Waals surface area (Å²) in [5, 5.41) is 19.7. The molecule has 1 heterocycles. The van der Waals surface area contributed by atoms with Gasteiger partial charge in [0.15, 0.2) is 0 Å². The average molecular weight is 273 g/mol. The number of benzene rings is 1. The first-order valence-electron chi connectivity index (χ1n) is 5.50. The van der Waals surface area contributed by atoms with Gasteiger partial charge in [-0.1, -0.05) is 0 Å². The lowest BCUT2D eigenvalue weighted by Crippen LogP contribution is -1.96. The van der Waals surface area contributed by atoms with Crippen molar-refractivity contribution in [2.24, 2.45) is 0 Å². The molecule has 0 spiro atoms. The summed E-state index contributed by atoms with van der Waals surface area (Å²) in [5.74, 6) is -0.939. The average Bonchev–Trinajstić information content (AvgIpc) is 2.37. The van der Waals surface area contributed by atoms with Crippen LogP contribution in [0, 0.1) is 34.2 Å². The molecule has 0 amide bonds. The first-order valence-corrected chi connectivity index (χ1v) is 5.50. The second-order valence-electron chi connectivity index (χ2n) is 3.92. The van der Waals surface area contributed by atoms with Gasteiger partial charge in [0, 0.05) is 23.9 Å². The standard InChI is InChI=1S/C13H8FN3O3/c1-8-4-9(7-15)5-13(16-8)20-12-6-10(14)2-3-11(12)17(18)19/h2-6H,1H3. The number of nitro benzene ring substituents is 1. The number of aromatic nitrogens is 1. The van der Waals surface area contributed by atoms with Crippen molar-refractivity contribution in [3.63, 3.8) is 0 Å². The summed E-state index contributed by atoms with van der Waals surface area (Å²) in [5.41, 5.74) is 0.429. The van der Waals surface area contributed by atoms with E-state index >= 15 is 0 Å². The lowest BCUT2D eigenvalue weighted by atomic mass is 10.2. The van der Waals surface area contributed by atoms with E-state index in [1.54, 1.807) is 6.92 Å². The van der Waals surface area contributed by atoms with Crippen LogP contribution in [0.1, 0.15) is 11.3 Å².